The zero-order valence-electron chi connectivity index (χ0n) is 15.8. The molecular weight excluding hydrogens is 328 g/mol. The van der Waals surface area contributed by atoms with E-state index in [1.54, 1.807) is 0 Å². The Hall–Kier alpha value is -1.16. The van der Waals surface area contributed by atoms with Gasteiger partial charge in [0.1, 0.15) is 11.2 Å². The van der Waals surface area contributed by atoms with Gasteiger partial charge in [0.15, 0.2) is 5.78 Å². The van der Waals surface area contributed by atoms with Gasteiger partial charge < -0.3 is 9.47 Å². The predicted molar refractivity (Wildman–Crippen MR) is 94.3 cm³/mol. The largest absolute Gasteiger partial charge is 0.458 e. The van der Waals surface area contributed by atoms with Crippen LogP contribution in [0.4, 0.5) is 0 Å². The molecule has 0 aromatic heterocycles. The first-order valence-electron chi connectivity index (χ1n) is 10.5. The molecule has 4 heteroatoms. The normalized spacial score (nSPS) is 57.0. The molecule has 0 aromatic rings. The summed E-state index contributed by atoms with van der Waals surface area (Å²) in [6, 6.07) is 0. The summed E-state index contributed by atoms with van der Waals surface area (Å²) in [5, 5.41) is 0. The van der Waals surface area contributed by atoms with Gasteiger partial charge in [-0.3, -0.25) is 9.59 Å². The van der Waals surface area contributed by atoms with Crippen molar-refractivity contribution in [2.75, 3.05) is 0 Å². The first kappa shape index (κ1) is 15.9. The molecule has 6 rings (SSSR count). The third-order valence-electron chi connectivity index (χ3n) is 9.67. The number of hydrogen-bond donors (Lipinski definition) is 0. The van der Waals surface area contributed by atoms with Crippen LogP contribution in [0.2, 0.25) is 0 Å². The molecule has 2 saturated heterocycles. The van der Waals surface area contributed by atoms with E-state index in [0.717, 1.165) is 44.9 Å². The van der Waals surface area contributed by atoms with Gasteiger partial charge in [-0.15, -0.1) is 0 Å². The van der Waals surface area contributed by atoms with Crippen molar-refractivity contribution in [2.24, 2.45) is 22.7 Å². The Morgan fingerprint density at radius 1 is 1.00 bits per heavy atom. The van der Waals surface area contributed by atoms with E-state index in [1.165, 1.54) is 5.57 Å². The van der Waals surface area contributed by atoms with Gasteiger partial charge in [-0.1, -0.05) is 19.4 Å². The van der Waals surface area contributed by atoms with Crippen LogP contribution in [0.5, 0.6) is 0 Å². The van der Waals surface area contributed by atoms with E-state index in [9.17, 15) is 9.59 Å². The molecule has 4 aliphatic carbocycles. The second-order valence-corrected chi connectivity index (χ2v) is 10.2. The summed E-state index contributed by atoms with van der Waals surface area (Å²) >= 11 is 0. The molecule has 0 N–H and O–H groups in total. The Morgan fingerprint density at radius 3 is 2.62 bits per heavy atom. The van der Waals surface area contributed by atoms with E-state index in [1.807, 2.05) is 6.08 Å². The van der Waals surface area contributed by atoms with Crippen LogP contribution >= 0.6 is 0 Å². The quantitative estimate of drug-likeness (QED) is 0.490. The Morgan fingerprint density at radius 2 is 1.85 bits per heavy atom. The lowest BCUT2D eigenvalue weighted by molar-refractivity contribution is -0.164. The lowest BCUT2D eigenvalue weighted by atomic mass is 9.46. The topological polar surface area (TPSA) is 55.9 Å². The van der Waals surface area contributed by atoms with Gasteiger partial charge in [0.2, 0.25) is 0 Å². The minimum absolute atomic E-state index is 0.00737. The standard InChI is InChI=1S/C22H28O4/c1-19-8-5-14(23)11-13(19)3-4-16-15-6-9-21(10-7-18(24)26-21)20(15,2)12-17-22(16,19)25-17/h11,15-17H,3-10,12H2,1-2H3/t15-,16?,17+,19?,20?,21?,22-/m0/s1. The Kier molecular flexibility index (Phi) is 2.72. The number of carbonyl (C=O) groups is 2. The minimum Gasteiger partial charge on any atom is -0.458 e. The molecule has 2 heterocycles. The summed E-state index contributed by atoms with van der Waals surface area (Å²) in [4.78, 5) is 24.0. The molecule has 5 fully saturated rings. The van der Waals surface area contributed by atoms with E-state index in [2.05, 4.69) is 13.8 Å². The van der Waals surface area contributed by atoms with Crippen molar-refractivity contribution >= 4 is 11.8 Å². The number of esters is 1. The highest BCUT2D eigenvalue weighted by Gasteiger charge is 2.81. The van der Waals surface area contributed by atoms with Crippen LogP contribution in [0.3, 0.4) is 0 Å². The number of carbonyl (C=O) groups excluding carboxylic acids is 2. The van der Waals surface area contributed by atoms with Crippen molar-refractivity contribution in [1.29, 1.82) is 0 Å². The number of fused-ring (bicyclic) bond motifs is 4. The predicted octanol–water partition coefficient (Wildman–Crippen LogP) is 3.73. The smallest absolute Gasteiger partial charge is 0.306 e. The van der Waals surface area contributed by atoms with E-state index in [-0.39, 0.29) is 34.1 Å². The number of hydrogen-bond acceptors (Lipinski definition) is 4. The molecule has 6 aliphatic rings. The zero-order valence-corrected chi connectivity index (χ0v) is 15.8. The van der Waals surface area contributed by atoms with Crippen LogP contribution in [0.25, 0.3) is 0 Å². The highest BCUT2D eigenvalue weighted by molar-refractivity contribution is 5.91. The maximum absolute atomic E-state index is 12.0. The van der Waals surface area contributed by atoms with Crippen LogP contribution in [-0.2, 0) is 19.1 Å². The van der Waals surface area contributed by atoms with Gasteiger partial charge in [0.05, 0.1) is 6.10 Å². The molecule has 0 radical (unpaired) electrons. The fourth-order valence-electron chi connectivity index (χ4n) is 8.30. The third kappa shape index (κ3) is 1.51. The van der Waals surface area contributed by atoms with Crippen LogP contribution in [0.15, 0.2) is 11.6 Å². The lowest BCUT2D eigenvalue weighted by Gasteiger charge is -2.56. The third-order valence-corrected chi connectivity index (χ3v) is 9.67. The van der Waals surface area contributed by atoms with Gasteiger partial charge >= 0.3 is 5.97 Å². The lowest BCUT2D eigenvalue weighted by Crippen LogP contribution is -2.59. The van der Waals surface area contributed by atoms with Crippen LogP contribution in [0.1, 0.15) is 71.6 Å². The molecule has 4 unspecified atom stereocenters. The summed E-state index contributed by atoms with van der Waals surface area (Å²) in [6.45, 7) is 4.74. The first-order valence-corrected chi connectivity index (χ1v) is 10.5. The summed E-state index contributed by atoms with van der Waals surface area (Å²) in [5.41, 5.74) is 1.12. The van der Waals surface area contributed by atoms with Crippen molar-refractivity contribution in [2.45, 2.75) is 88.9 Å². The molecule has 3 saturated carbocycles. The number of rotatable bonds is 0. The van der Waals surface area contributed by atoms with Crippen molar-refractivity contribution in [3.05, 3.63) is 11.6 Å². The van der Waals surface area contributed by atoms with E-state index in [0.29, 0.717) is 30.5 Å². The van der Waals surface area contributed by atoms with E-state index >= 15 is 0 Å². The number of ketones is 1. The Bertz CT molecular complexity index is 770. The molecule has 2 spiro atoms. The average Bonchev–Trinajstić information content (AvgIpc) is 3.08. The molecule has 7 atom stereocenters. The minimum atomic E-state index is -0.244. The van der Waals surface area contributed by atoms with Crippen LogP contribution in [0, 0.1) is 22.7 Å². The highest BCUT2D eigenvalue weighted by atomic mass is 16.6. The zero-order chi connectivity index (χ0) is 17.9. The molecular formula is C22H28O4. The maximum Gasteiger partial charge on any atom is 0.306 e. The fraction of sp³-hybridized carbons (Fsp3) is 0.818. The molecule has 4 nitrogen and oxygen atoms in total. The summed E-state index contributed by atoms with van der Waals surface area (Å²) < 4.78 is 12.6. The van der Waals surface area contributed by atoms with Gasteiger partial charge in [-0.25, -0.2) is 0 Å². The number of epoxide rings is 1. The molecule has 2 aliphatic heterocycles. The van der Waals surface area contributed by atoms with E-state index < -0.39 is 0 Å². The van der Waals surface area contributed by atoms with Crippen LogP contribution in [-0.4, -0.2) is 29.1 Å². The maximum atomic E-state index is 12.0. The van der Waals surface area contributed by atoms with E-state index in [4.69, 9.17) is 9.47 Å². The molecule has 26 heavy (non-hydrogen) atoms. The second-order valence-electron chi connectivity index (χ2n) is 10.2. The van der Waals surface area contributed by atoms with Gasteiger partial charge in [-0.05, 0) is 62.9 Å². The van der Waals surface area contributed by atoms with Crippen molar-refractivity contribution in [3.63, 3.8) is 0 Å². The van der Waals surface area contributed by atoms with Crippen LogP contribution < -0.4 is 0 Å². The average molecular weight is 356 g/mol. The summed E-state index contributed by atoms with van der Waals surface area (Å²) in [5.74, 6) is 1.40. The molecule has 140 valence electrons. The summed E-state index contributed by atoms with van der Waals surface area (Å²) in [7, 11) is 0. The van der Waals surface area contributed by atoms with Gasteiger partial charge in [0, 0.05) is 23.7 Å². The van der Waals surface area contributed by atoms with Gasteiger partial charge in [0.25, 0.3) is 0 Å². The Balaban J connectivity index is 1.42. The first-order chi connectivity index (χ1) is 12.3. The van der Waals surface area contributed by atoms with Crippen molar-refractivity contribution in [3.8, 4) is 0 Å². The SMILES string of the molecule is CC12C[C@H]3O[C@@]34C(CCC3=CC(=O)CCC34C)[C@@H]1CCC21CCC(=O)O1. The van der Waals surface area contributed by atoms with Crippen molar-refractivity contribution < 1.29 is 19.1 Å². The molecule has 0 aromatic carbocycles. The number of ether oxygens (including phenoxy) is 2. The highest BCUT2D eigenvalue weighted by Crippen LogP contribution is 2.77. The van der Waals surface area contributed by atoms with Crippen molar-refractivity contribution in [1.82, 2.24) is 0 Å². The summed E-state index contributed by atoms with van der Waals surface area (Å²) in [6.07, 6.45) is 10.6. The molecule has 0 amide bonds. The monoisotopic (exact) mass is 356 g/mol. The van der Waals surface area contributed by atoms with Gasteiger partial charge in [-0.2, -0.15) is 0 Å². The second kappa shape index (κ2) is 4.45. The molecule has 0 bridgehead atoms. The Labute approximate surface area is 154 Å². The fourth-order valence-corrected chi connectivity index (χ4v) is 8.30.